The van der Waals surface area contributed by atoms with Crippen LogP contribution in [0.2, 0.25) is 0 Å². The van der Waals surface area contributed by atoms with Crippen molar-refractivity contribution in [1.29, 1.82) is 0 Å². The minimum absolute atomic E-state index is 0.150. The van der Waals surface area contributed by atoms with Crippen molar-refractivity contribution in [3.63, 3.8) is 0 Å². The van der Waals surface area contributed by atoms with Gasteiger partial charge in [-0.25, -0.2) is 9.97 Å². The summed E-state index contributed by atoms with van der Waals surface area (Å²) in [6.45, 7) is 4.30. The Kier molecular flexibility index (Phi) is 4.71. The molecule has 2 fully saturated rings. The Morgan fingerprint density at radius 3 is 2.38 bits per heavy atom. The zero-order valence-corrected chi connectivity index (χ0v) is 15.0. The van der Waals surface area contributed by atoms with Crippen molar-refractivity contribution in [2.45, 2.75) is 18.9 Å². The van der Waals surface area contributed by atoms with Crippen LogP contribution in [-0.4, -0.2) is 60.0 Å². The summed E-state index contributed by atoms with van der Waals surface area (Å²) in [7, 11) is 2.16. The molecule has 0 spiro atoms. The highest BCUT2D eigenvalue weighted by Gasteiger charge is 2.24. The molecule has 4 rings (SSSR count). The maximum Gasteiger partial charge on any atom is 0.271 e. The molecule has 1 amide bonds. The van der Waals surface area contributed by atoms with E-state index in [4.69, 9.17) is 0 Å². The third-order valence-electron chi connectivity index (χ3n) is 4.81. The summed E-state index contributed by atoms with van der Waals surface area (Å²) in [5.74, 6) is 0.475. The number of hydrogen-bond donors (Lipinski definition) is 2. The third kappa shape index (κ3) is 4.11. The normalized spacial score (nSPS) is 17.8. The molecule has 0 unspecified atom stereocenters. The van der Waals surface area contributed by atoms with E-state index in [1.54, 1.807) is 6.20 Å². The minimum atomic E-state index is -0.150. The topological polar surface area (TPSA) is 73.4 Å². The minimum Gasteiger partial charge on any atom is -0.369 e. The molecule has 2 heterocycles. The fourth-order valence-electron chi connectivity index (χ4n) is 2.96. The first-order valence-corrected chi connectivity index (χ1v) is 9.11. The molecule has 7 heteroatoms. The summed E-state index contributed by atoms with van der Waals surface area (Å²) >= 11 is 0. The Labute approximate surface area is 153 Å². The summed E-state index contributed by atoms with van der Waals surface area (Å²) in [6.07, 6.45) is 5.22. The predicted molar refractivity (Wildman–Crippen MR) is 102 cm³/mol. The number of nitrogens with one attached hydrogen (secondary N) is 2. The fraction of sp³-hybridized carbons (Fsp3) is 0.421. The van der Waals surface area contributed by atoms with Crippen LogP contribution < -0.4 is 15.5 Å². The van der Waals surface area contributed by atoms with Crippen LogP contribution in [0.15, 0.2) is 36.7 Å². The van der Waals surface area contributed by atoms with Crippen molar-refractivity contribution in [2.24, 2.45) is 0 Å². The van der Waals surface area contributed by atoms with Gasteiger partial charge in [0.1, 0.15) is 11.5 Å². The average molecular weight is 352 g/mol. The molecule has 1 saturated carbocycles. The lowest BCUT2D eigenvalue weighted by atomic mass is 10.2. The molecule has 1 aliphatic carbocycles. The molecule has 7 nitrogen and oxygen atoms in total. The van der Waals surface area contributed by atoms with Gasteiger partial charge in [-0.1, -0.05) is 0 Å². The lowest BCUT2D eigenvalue weighted by Gasteiger charge is -2.34. The number of rotatable bonds is 5. The van der Waals surface area contributed by atoms with E-state index in [0.717, 1.165) is 44.7 Å². The molecule has 1 aromatic heterocycles. The third-order valence-corrected chi connectivity index (χ3v) is 4.81. The van der Waals surface area contributed by atoms with Crippen molar-refractivity contribution < 1.29 is 4.79 Å². The van der Waals surface area contributed by atoms with E-state index in [1.807, 2.05) is 12.1 Å². The Bertz CT molecular complexity index is 749. The maximum absolute atomic E-state index is 11.9. The standard InChI is InChI=1S/C19H24N6O/c1-24-8-10-25(11-9-24)16-6-4-14(5-7-16)22-18-13-20-17(12-21-18)19(26)23-15-2-3-15/h4-7,12-13,15H,2-3,8-11H2,1H3,(H,21,22)(H,23,26). The highest BCUT2D eigenvalue weighted by Crippen LogP contribution is 2.21. The van der Waals surface area contributed by atoms with Crippen LogP contribution in [-0.2, 0) is 0 Å². The number of anilines is 3. The van der Waals surface area contributed by atoms with Gasteiger partial charge in [-0.3, -0.25) is 4.79 Å². The zero-order valence-electron chi connectivity index (χ0n) is 15.0. The number of amides is 1. The quantitative estimate of drug-likeness (QED) is 0.856. The fourth-order valence-corrected chi connectivity index (χ4v) is 2.96. The van der Waals surface area contributed by atoms with Gasteiger partial charge in [0.05, 0.1) is 12.4 Å². The molecular weight excluding hydrogens is 328 g/mol. The van der Waals surface area contributed by atoms with Gasteiger partial charge in [0.2, 0.25) is 0 Å². The van der Waals surface area contributed by atoms with Crippen molar-refractivity contribution in [3.05, 3.63) is 42.4 Å². The Hall–Kier alpha value is -2.67. The molecule has 1 saturated heterocycles. The highest BCUT2D eigenvalue weighted by atomic mass is 16.2. The second-order valence-corrected chi connectivity index (χ2v) is 7.00. The van der Waals surface area contributed by atoms with Gasteiger partial charge >= 0.3 is 0 Å². The van der Waals surface area contributed by atoms with Gasteiger partial charge in [0.15, 0.2) is 0 Å². The van der Waals surface area contributed by atoms with Crippen molar-refractivity contribution in [1.82, 2.24) is 20.2 Å². The Morgan fingerprint density at radius 1 is 1.04 bits per heavy atom. The van der Waals surface area contributed by atoms with E-state index in [9.17, 15) is 4.79 Å². The number of piperazine rings is 1. The summed E-state index contributed by atoms with van der Waals surface area (Å²) < 4.78 is 0. The summed E-state index contributed by atoms with van der Waals surface area (Å²) in [5.41, 5.74) is 2.54. The van der Waals surface area contributed by atoms with Gasteiger partial charge in [-0.15, -0.1) is 0 Å². The summed E-state index contributed by atoms with van der Waals surface area (Å²) in [6, 6.07) is 8.66. The van der Waals surface area contributed by atoms with Gasteiger partial charge in [0.25, 0.3) is 5.91 Å². The molecular formula is C19H24N6O. The van der Waals surface area contributed by atoms with Crippen molar-refractivity contribution in [2.75, 3.05) is 43.4 Å². The number of benzene rings is 1. The van der Waals surface area contributed by atoms with Gasteiger partial charge < -0.3 is 20.4 Å². The molecule has 1 aliphatic heterocycles. The molecule has 136 valence electrons. The van der Waals surface area contributed by atoms with Crippen molar-refractivity contribution in [3.8, 4) is 0 Å². The van der Waals surface area contributed by atoms with Crippen LogP contribution in [0, 0.1) is 0 Å². The molecule has 0 atom stereocenters. The maximum atomic E-state index is 11.9. The van der Waals surface area contributed by atoms with Crippen LogP contribution in [0.5, 0.6) is 0 Å². The largest absolute Gasteiger partial charge is 0.369 e. The molecule has 2 N–H and O–H groups in total. The van der Waals surface area contributed by atoms with Gasteiger partial charge in [0, 0.05) is 43.6 Å². The van der Waals surface area contributed by atoms with Crippen LogP contribution in [0.4, 0.5) is 17.2 Å². The van der Waals surface area contributed by atoms with E-state index in [2.05, 4.69) is 49.6 Å². The Balaban J connectivity index is 1.35. The van der Waals surface area contributed by atoms with E-state index >= 15 is 0 Å². The number of hydrogen-bond acceptors (Lipinski definition) is 6. The summed E-state index contributed by atoms with van der Waals surface area (Å²) in [4.78, 5) is 25.2. The number of likely N-dealkylation sites (N-methyl/N-ethyl adjacent to an activating group) is 1. The average Bonchev–Trinajstić information content (AvgIpc) is 3.48. The van der Waals surface area contributed by atoms with Crippen molar-refractivity contribution >= 4 is 23.1 Å². The van der Waals surface area contributed by atoms with E-state index in [1.165, 1.54) is 11.9 Å². The number of aromatic nitrogens is 2. The van der Waals surface area contributed by atoms with Gasteiger partial charge in [-0.2, -0.15) is 0 Å². The highest BCUT2D eigenvalue weighted by molar-refractivity contribution is 5.92. The first-order chi connectivity index (χ1) is 12.7. The van der Waals surface area contributed by atoms with E-state index in [-0.39, 0.29) is 5.91 Å². The smallest absolute Gasteiger partial charge is 0.271 e. The Morgan fingerprint density at radius 2 is 1.77 bits per heavy atom. The van der Waals surface area contributed by atoms with E-state index < -0.39 is 0 Å². The molecule has 2 aliphatic rings. The second kappa shape index (κ2) is 7.29. The number of carbonyl (C=O) groups is 1. The number of carbonyl (C=O) groups excluding carboxylic acids is 1. The second-order valence-electron chi connectivity index (χ2n) is 7.00. The molecule has 0 bridgehead atoms. The van der Waals surface area contributed by atoms with Crippen LogP contribution in [0.1, 0.15) is 23.3 Å². The van der Waals surface area contributed by atoms with Gasteiger partial charge in [-0.05, 0) is 44.2 Å². The molecule has 0 radical (unpaired) electrons. The van der Waals surface area contributed by atoms with Crippen LogP contribution in [0.25, 0.3) is 0 Å². The predicted octanol–water partition coefficient (Wildman–Crippen LogP) is 1.86. The van der Waals surface area contributed by atoms with Crippen LogP contribution >= 0.6 is 0 Å². The molecule has 1 aromatic carbocycles. The van der Waals surface area contributed by atoms with Crippen LogP contribution in [0.3, 0.4) is 0 Å². The molecule has 26 heavy (non-hydrogen) atoms. The van der Waals surface area contributed by atoms with E-state index in [0.29, 0.717) is 17.6 Å². The number of nitrogens with zero attached hydrogens (tertiary/aromatic N) is 4. The lowest BCUT2D eigenvalue weighted by Crippen LogP contribution is -2.44. The first kappa shape index (κ1) is 16.8. The lowest BCUT2D eigenvalue weighted by molar-refractivity contribution is 0.0945. The zero-order chi connectivity index (χ0) is 17.9. The first-order valence-electron chi connectivity index (χ1n) is 9.11. The monoisotopic (exact) mass is 352 g/mol. The molecule has 2 aromatic rings. The summed E-state index contributed by atoms with van der Waals surface area (Å²) in [5, 5.41) is 6.14. The SMILES string of the molecule is CN1CCN(c2ccc(Nc3cnc(C(=O)NC4CC4)cn3)cc2)CC1.